The van der Waals surface area contributed by atoms with Crippen molar-refractivity contribution in [1.29, 1.82) is 0 Å². The lowest BCUT2D eigenvalue weighted by Crippen LogP contribution is -2.51. The van der Waals surface area contributed by atoms with Gasteiger partial charge in [-0.3, -0.25) is 9.59 Å². The fourth-order valence-electron chi connectivity index (χ4n) is 8.06. The van der Waals surface area contributed by atoms with Crippen molar-refractivity contribution >= 4 is 17.4 Å². The normalized spacial score (nSPS) is 35.1. The molecule has 0 bridgehead atoms. The van der Waals surface area contributed by atoms with Gasteiger partial charge >= 0.3 is 0 Å². The summed E-state index contributed by atoms with van der Waals surface area (Å²) in [6, 6.07) is 1.89. The zero-order chi connectivity index (χ0) is 25.1. The van der Waals surface area contributed by atoms with E-state index < -0.39 is 0 Å². The monoisotopic (exact) mass is 485 g/mol. The number of aromatic nitrogens is 4. The summed E-state index contributed by atoms with van der Waals surface area (Å²) in [6.07, 6.45) is 19.4. The first kappa shape index (κ1) is 23.3. The lowest BCUT2D eigenvalue weighted by Gasteiger charge is -2.58. The number of hydrogen-bond acceptors (Lipinski definition) is 5. The van der Waals surface area contributed by atoms with Gasteiger partial charge in [-0.05, 0) is 74.2 Å². The molecule has 2 heterocycles. The summed E-state index contributed by atoms with van der Waals surface area (Å²) in [7, 11) is 0. The number of ketones is 1. The molecule has 0 saturated heterocycles. The highest BCUT2D eigenvalue weighted by molar-refractivity contribution is 5.94. The van der Waals surface area contributed by atoms with E-state index >= 15 is 0 Å². The van der Waals surface area contributed by atoms with Crippen LogP contribution in [0.15, 0.2) is 48.7 Å². The molecular weight excluding hydrogens is 450 g/mol. The summed E-state index contributed by atoms with van der Waals surface area (Å²) in [5, 5.41) is 10.9. The predicted molar refractivity (Wildman–Crippen MR) is 137 cm³/mol. The van der Waals surface area contributed by atoms with Gasteiger partial charge in [0, 0.05) is 30.3 Å². The first-order chi connectivity index (χ1) is 17.3. The molecule has 36 heavy (non-hydrogen) atoms. The maximum absolute atomic E-state index is 12.7. The Labute approximate surface area is 212 Å². The topological polar surface area (TPSA) is 89.8 Å². The Morgan fingerprint density at radius 1 is 1.06 bits per heavy atom. The summed E-state index contributed by atoms with van der Waals surface area (Å²) >= 11 is 0. The highest BCUT2D eigenvalue weighted by Gasteiger charge is 2.57. The molecule has 3 unspecified atom stereocenters. The average molecular weight is 486 g/mol. The van der Waals surface area contributed by atoms with Gasteiger partial charge in [0.15, 0.2) is 5.78 Å². The molecule has 0 radical (unpaired) electrons. The number of nitrogens with one attached hydrogen (secondary N) is 1. The number of amides is 1. The smallest absolute Gasteiger partial charge is 0.253 e. The zero-order valence-electron chi connectivity index (χ0n) is 21.4. The van der Waals surface area contributed by atoms with Gasteiger partial charge in [0.25, 0.3) is 5.91 Å². The number of imidazole rings is 1. The summed E-state index contributed by atoms with van der Waals surface area (Å²) in [5.41, 5.74) is 4.30. The van der Waals surface area contributed by atoms with Crippen LogP contribution in [0, 0.1) is 28.6 Å². The van der Waals surface area contributed by atoms with Crippen molar-refractivity contribution in [3.63, 3.8) is 0 Å². The van der Waals surface area contributed by atoms with Gasteiger partial charge in [-0.1, -0.05) is 31.6 Å². The summed E-state index contributed by atoms with van der Waals surface area (Å²) in [6.45, 7) is 6.50. The van der Waals surface area contributed by atoms with E-state index in [1.165, 1.54) is 18.3 Å². The van der Waals surface area contributed by atoms with Crippen molar-refractivity contribution in [2.75, 3.05) is 0 Å². The number of hydrogen-bond donors (Lipinski definition) is 1. The third kappa shape index (κ3) is 3.58. The second-order valence-electron chi connectivity index (χ2n) is 11.8. The molecule has 2 aromatic rings. The standard InChI is InChI=1S/C29H35N5O2/c1-18(35)25-16-34(17-30-25)26-7-6-23-22-5-4-20-14-21(33-27(36)19-10-13-31-32-15-19)8-11-28(20,2)24(22)9-12-29(23,26)3/h4,7,10,13,15-17,21-24H,5-6,8-9,11-12,14H2,1-3H3,(H,33,36)/t21-,22?,23?,24?,28-,29-/m0/s1. The highest BCUT2D eigenvalue weighted by atomic mass is 16.1. The number of carbonyl (C=O) groups is 2. The molecule has 1 N–H and O–H groups in total. The van der Waals surface area contributed by atoms with E-state index in [2.05, 4.69) is 51.1 Å². The zero-order valence-corrected chi connectivity index (χ0v) is 21.4. The molecule has 188 valence electrons. The van der Waals surface area contributed by atoms with E-state index in [0.29, 0.717) is 29.0 Å². The third-order valence-electron chi connectivity index (χ3n) is 10.0. The minimum atomic E-state index is -0.0572. The van der Waals surface area contributed by atoms with Crippen LogP contribution in [0.5, 0.6) is 0 Å². The third-order valence-corrected chi connectivity index (χ3v) is 10.0. The van der Waals surface area contributed by atoms with Crippen LogP contribution in [-0.2, 0) is 0 Å². The number of fused-ring (bicyclic) bond motifs is 5. The fourth-order valence-corrected chi connectivity index (χ4v) is 8.06. The van der Waals surface area contributed by atoms with Gasteiger partial charge < -0.3 is 9.88 Å². The first-order valence-electron chi connectivity index (χ1n) is 13.3. The molecule has 2 saturated carbocycles. The van der Waals surface area contributed by atoms with E-state index in [1.807, 2.05) is 12.5 Å². The molecule has 7 heteroatoms. The van der Waals surface area contributed by atoms with E-state index in [4.69, 9.17) is 0 Å². The SMILES string of the molecule is CC(=O)c1cn(C2=CCC3C4CC=C5C[C@@H](NC(=O)c6ccnnc6)CC[C@]5(C)C4CC[C@]23C)cn1. The number of nitrogens with zero attached hydrogens (tertiary/aromatic N) is 4. The van der Waals surface area contributed by atoms with E-state index in [0.717, 1.165) is 38.5 Å². The van der Waals surface area contributed by atoms with Crippen LogP contribution in [0.1, 0.15) is 86.6 Å². The van der Waals surface area contributed by atoms with Crippen molar-refractivity contribution in [2.24, 2.45) is 28.6 Å². The van der Waals surface area contributed by atoms with Crippen LogP contribution in [0.2, 0.25) is 0 Å². The van der Waals surface area contributed by atoms with E-state index in [1.54, 1.807) is 24.8 Å². The Balaban J connectivity index is 1.19. The molecule has 2 aromatic heterocycles. The number of rotatable bonds is 4. The maximum atomic E-state index is 12.7. The van der Waals surface area contributed by atoms with Crippen LogP contribution in [0.25, 0.3) is 5.70 Å². The quantitative estimate of drug-likeness (QED) is 0.481. The molecule has 7 nitrogen and oxygen atoms in total. The second-order valence-corrected chi connectivity index (χ2v) is 11.8. The predicted octanol–water partition coefficient (Wildman–Crippen LogP) is 5.09. The van der Waals surface area contributed by atoms with Gasteiger partial charge in [-0.15, -0.1) is 0 Å². The van der Waals surface area contributed by atoms with Crippen LogP contribution in [0.4, 0.5) is 0 Å². The molecule has 6 atom stereocenters. The Kier molecular flexibility index (Phi) is 5.50. The van der Waals surface area contributed by atoms with Gasteiger partial charge in [-0.25, -0.2) is 4.98 Å². The van der Waals surface area contributed by atoms with Crippen LogP contribution in [-0.4, -0.2) is 37.5 Å². The Bertz CT molecular complexity index is 1260. The maximum Gasteiger partial charge on any atom is 0.253 e. The first-order valence-corrected chi connectivity index (χ1v) is 13.3. The van der Waals surface area contributed by atoms with Crippen LogP contribution < -0.4 is 5.32 Å². The van der Waals surface area contributed by atoms with Crippen molar-refractivity contribution in [3.05, 3.63) is 60.0 Å². The lowest BCUT2D eigenvalue weighted by molar-refractivity contribution is -0.0137. The highest BCUT2D eigenvalue weighted by Crippen LogP contribution is 2.65. The van der Waals surface area contributed by atoms with Gasteiger partial charge in [0.2, 0.25) is 0 Å². The summed E-state index contributed by atoms with van der Waals surface area (Å²) < 4.78 is 2.11. The summed E-state index contributed by atoms with van der Waals surface area (Å²) in [4.78, 5) is 28.9. The fraction of sp³-hybridized carbons (Fsp3) is 0.552. The molecular formula is C29H35N5O2. The molecule has 0 aliphatic heterocycles. The van der Waals surface area contributed by atoms with Crippen molar-refractivity contribution < 1.29 is 9.59 Å². The minimum absolute atomic E-state index is 0.0138. The van der Waals surface area contributed by atoms with Crippen LogP contribution >= 0.6 is 0 Å². The average Bonchev–Trinajstić information content (AvgIpc) is 3.49. The number of carbonyl (C=O) groups excluding carboxylic acids is 2. The molecule has 0 spiro atoms. The lowest BCUT2D eigenvalue weighted by atomic mass is 9.47. The molecule has 6 rings (SSSR count). The molecule has 0 aromatic carbocycles. The largest absolute Gasteiger partial charge is 0.349 e. The van der Waals surface area contributed by atoms with Crippen molar-refractivity contribution in [1.82, 2.24) is 25.1 Å². The number of Topliss-reactive ketones (excluding diaryl/α,β-unsaturated/α-hetero) is 1. The molecule has 1 amide bonds. The van der Waals surface area contributed by atoms with Gasteiger partial charge in [-0.2, -0.15) is 10.2 Å². The Morgan fingerprint density at radius 3 is 2.64 bits per heavy atom. The van der Waals surface area contributed by atoms with Crippen molar-refractivity contribution in [3.8, 4) is 0 Å². The molecule has 4 aliphatic rings. The summed E-state index contributed by atoms with van der Waals surface area (Å²) in [5.74, 6) is 1.91. The second kappa shape index (κ2) is 8.49. The minimum Gasteiger partial charge on any atom is -0.349 e. The van der Waals surface area contributed by atoms with Crippen molar-refractivity contribution in [2.45, 2.75) is 71.8 Å². The molecule has 4 aliphatic carbocycles. The Hall–Kier alpha value is -3.09. The van der Waals surface area contributed by atoms with E-state index in [-0.39, 0.29) is 28.6 Å². The number of allylic oxidation sites excluding steroid dienone is 3. The van der Waals surface area contributed by atoms with Gasteiger partial charge in [0.1, 0.15) is 5.69 Å². The van der Waals surface area contributed by atoms with E-state index in [9.17, 15) is 9.59 Å². The molecule has 2 fully saturated rings. The Morgan fingerprint density at radius 2 is 1.89 bits per heavy atom. The van der Waals surface area contributed by atoms with Gasteiger partial charge in [0.05, 0.1) is 24.3 Å². The van der Waals surface area contributed by atoms with Crippen LogP contribution in [0.3, 0.4) is 0 Å².